The fourth-order valence-electron chi connectivity index (χ4n) is 2.24. The summed E-state index contributed by atoms with van der Waals surface area (Å²) in [6, 6.07) is 12.6. The second-order valence-electron chi connectivity index (χ2n) is 5.73. The van der Waals surface area contributed by atoms with Crippen molar-refractivity contribution in [3.8, 4) is 11.4 Å². The molecule has 2 heterocycles. The molecule has 0 radical (unpaired) electrons. The van der Waals surface area contributed by atoms with Crippen LogP contribution in [0.2, 0.25) is 0 Å². The number of carboxylic acid groups (broad SMARTS) is 1. The highest BCUT2D eigenvalue weighted by Crippen LogP contribution is 2.23. The van der Waals surface area contributed by atoms with Crippen LogP contribution < -0.4 is 5.73 Å². The van der Waals surface area contributed by atoms with E-state index in [-0.39, 0.29) is 11.6 Å². The van der Waals surface area contributed by atoms with Gasteiger partial charge in [0.05, 0.1) is 0 Å². The Morgan fingerprint density at radius 1 is 1.21 bits per heavy atom. The number of carbonyl (C=O) groups is 2. The molecule has 1 amide bonds. The monoisotopic (exact) mass is 446 g/mol. The lowest BCUT2D eigenvalue weighted by molar-refractivity contribution is -0.139. The van der Waals surface area contributed by atoms with Crippen molar-refractivity contribution in [3.05, 3.63) is 64.7 Å². The maximum Gasteiger partial charge on any atom is 0.316 e. The molecule has 0 fully saturated rings. The summed E-state index contributed by atoms with van der Waals surface area (Å²) in [5.74, 6) is -1.57. The Morgan fingerprint density at radius 2 is 1.93 bits per heavy atom. The van der Waals surface area contributed by atoms with Gasteiger partial charge in [-0.05, 0) is 34.5 Å². The van der Waals surface area contributed by atoms with Crippen LogP contribution in [0.3, 0.4) is 0 Å². The van der Waals surface area contributed by atoms with E-state index in [1.165, 1.54) is 6.20 Å². The number of carboxylic acids is 1. The summed E-state index contributed by atoms with van der Waals surface area (Å²) in [6.45, 7) is 1.92. The summed E-state index contributed by atoms with van der Waals surface area (Å²) in [7, 11) is 0. The lowest BCUT2D eigenvalue weighted by Gasteiger charge is -2.04. The van der Waals surface area contributed by atoms with Crippen LogP contribution in [0.1, 0.15) is 42.1 Å². The molecular weight excluding hydrogens is 428 g/mol. The quantitative estimate of drug-likeness (QED) is 0.590. The smallest absolute Gasteiger partial charge is 0.316 e. The molecule has 28 heavy (non-hydrogen) atoms. The second-order valence-corrected chi connectivity index (χ2v) is 6.64. The van der Waals surface area contributed by atoms with Crippen LogP contribution in [-0.2, 0) is 4.79 Å². The third-order valence-electron chi connectivity index (χ3n) is 3.63. The summed E-state index contributed by atoms with van der Waals surface area (Å²) in [4.78, 5) is 29.5. The molecule has 3 N–H and O–H groups in total. The molecule has 8 nitrogen and oxygen atoms in total. The van der Waals surface area contributed by atoms with Crippen molar-refractivity contribution in [2.75, 3.05) is 0 Å². The van der Waals surface area contributed by atoms with E-state index in [0.29, 0.717) is 12.2 Å². The number of carbonyl (C=O) groups excluding carboxylic acids is 1. The molecule has 1 unspecified atom stereocenters. The number of aliphatic carboxylic acids is 1. The highest BCUT2D eigenvalue weighted by Gasteiger charge is 2.25. The van der Waals surface area contributed by atoms with Crippen LogP contribution in [0.4, 0.5) is 0 Å². The van der Waals surface area contributed by atoms with Crippen LogP contribution in [0.5, 0.6) is 0 Å². The van der Waals surface area contributed by atoms with Gasteiger partial charge in [-0.25, -0.2) is 4.98 Å². The largest absolute Gasteiger partial charge is 0.481 e. The summed E-state index contributed by atoms with van der Waals surface area (Å²) in [5.41, 5.74) is 6.04. The van der Waals surface area contributed by atoms with Gasteiger partial charge in [-0.2, -0.15) is 4.98 Å². The Bertz CT molecular complexity index is 913. The number of halogens is 1. The first-order chi connectivity index (χ1) is 13.4. The zero-order valence-corrected chi connectivity index (χ0v) is 16.7. The maximum absolute atomic E-state index is 11.1. The van der Waals surface area contributed by atoms with Crippen molar-refractivity contribution in [1.29, 1.82) is 0 Å². The Labute approximate surface area is 169 Å². The summed E-state index contributed by atoms with van der Waals surface area (Å²) in [5, 5.41) is 12.9. The molecule has 0 spiro atoms. The van der Waals surface area contributed by atoms with Gasteiger partial charge in [0.2, 0.25) is 11.7 Å². The number of nitrogens with zero attached hydrogens (tertiary/aromatic N) is 3. The molecule has 2 aromatic heterocycles. The molecule has 1 aromatic carbocycles. The van der Waals surface area contributed by atoms with Crippen LogP contribution in [0.25, 0.3) is 11.4 Å². The maximum atomic E-state index is 11.1. The van der Waals surface area contributed by atoms with Gasteiger partial charge in [0.25, 0.3) is 5.91 Å². The van der Waals surface area contributed by atoms with E-state index in [0.717, 1.165) is 16.5 Å². The topological polar surface area (TPSA) is 132 Å². The molecule has 146 valence electrons. The van der Waals surface area contributed by atoms with Gasteiger partial charge in [-0.3, -0.25) is 9.59 Å². The average Bonchev–Trinajstić information content (AvgIpc) is 3.17. The standard InChI is InChI=1S/C13H14N2O3.C6H5BrN2O/c1-2-6-10(13(16)17)12-14-11(15-18-12)9-7-4-3-5-8-9;7-4-1-2-5(6(8)10)9-3-4/h3-5,7-8,10H,2,6H2,1H3,(H,16,17);1-3H,(H2,8,10). The molecule has 0 aliphatic carbocycles. The van der Waals surface area contributed by atoms with E-state index < -0.39 is 17.8 Å². The third-order valence-corrected chi connectivity index (χ3v) is 4.10. The van der Waals surface area contributed by atoms with Crippen molar-refractivity contribution < 1.29 is 19.2 Å². The van der Waals surface area contributed by atoms with E-state index in [4.69, 9.17) is 15.4 Å². The van der Waals surface area contributed by atoms with Gasteiger partial charge in [0, 0.05) is 16.2 Å². The van der Waals surface area contributed by atoms with Crippen molar-refractivity contribution in [1.82, 2.24) is 15.1 Å². The Balaban J connectivity index is 0.000000237. The Hall–Kier alpha value is -3.07. The molecule has 0 saturated carbocycles. The van der Waals surface area contributed by atoms with Crippen LogP contribution in [0.15, 0.2) is 57.7 Å². The molecule has 9 heteroatoms. The number of hydrogen-bond acceptors (Lipinski definition) is 6. The van der Waals surface area contributed by atoms with E-state index in [2.05, 4.69) is 31.1 Å². The average molecular weight is 447 g/mol. The summed E-state index contributed by atoms with van der Waals surface area (Å²) >= 11 is 3.18. The fraction of sp³-hybridized carbons (Fsp3) is 0.211. The Morgan fingerprint density at radius 3 is 2.46 bits per heavy atom. The SMILES string of the molecule is CCCC(C(=O)O)c1nc(-c2ccccc2)no1.NC(=O)c1ccc(Br)cn1. The lowest BCUT2D eigenvalue weighted by atomic mass is 10.0. The van der Waals surface area contributed by atoms with Crippen molar-refractivity contribution >= 4 is 27.8 Å². The second kappa shape index (κ2) is 10.3. The molecule has 0 saturated heterocycles. The molecular formula is C19H19BrN4O4. The number of rotatable bonds is 6. The first kappa shape index (κ1) is 21.2. The molecule has 0 aliphatic rings. The van der Waals surface area contributed by atoms with Crippen molar-refractivity contribution in [2.24, 2.45) is 5.73 Å². The van der Waals surface area contributed by atoms with E-state index in [9.17, 15) is 9.59 Å². The number of aromatic nitrogens is 3. The highest BCUT2D eigenvalue weighted by molar-refractivity contribution is 9.10. The number of nitrogens with two attached hydrogens (primary N) is 1. The normalized spacial score (nSPS) is 11.2. The molecule has 3 aromatic rings. The van der Waals surface area contributed by atoms with Gasteiger partial charge in [0.15, 0.2) is 0 Å². The molecule has 0 bridgehead atoms. The minimum Gasteiger partial charge on any atom is -0.481 e. The molecule has 1 atom stereocenters. The summed E-state index contributed by atoms with van der Waals surface area (Å²) < 4.78 is 5.88. The minimum absolute atomic E-state index is 0.170. The van der Waals surface area contributed by atoms with Crippen LogP contribution in [-0.4, -0.2) is 32.1 Å². The van der Waals surface area contributed by atoms with E-state index in [1.54, 1.807) is 12.1 Å². The number of hydrogen-bond donors (Lipinski definition) is 2. The third kappa shape index (κ3) is 5.98. The molecule has 3 rings (SSSR count). The predicted octanol–water partition coefficient (Wildman–Crippen LogP) is 3.65. The zero-order chi connectivity index (χ0) is 20.5. The van der Waals surface area contributed by atoms with Crippen LogP contribution >= 0.6 is 15.9 Å². The Kier molecular flexibility index (Phi) is 7.82. The van der Waals surface area contributed by atoms with Gasteiger partial charge in [0.1, 0.15) is 11.6 Å². The van der Waals surface area contributed by atoms with E-state index >= 15 is 0 Å². The first-order valence-electron chi connectivity index (χ1n) is 8.45. The number of primary amides is 1. The van der Waals surface area contributed by atoms with Crippen LogP contribution in [0, 0.1) is 0 Å². The van der Waals surface area contributed by atoms with E-state index in [1.807, 2.05) is 37.3 Å². The van der Waals surface area contributed by atoms with Crippen molar-refractivity contribution in [2.45, 2.75) is 25.7 Å². The predicted molar refractivity (Wildman–Crippen MR) is 105 cm³/mol. The number of amides is 1. The highest BCUT2D eigenvalue weighted by atomic mass is 79.9. The van der Waals surface area contributed by atoms with Crippen molar-refractivity contribution in [3.63, 3.8) is 0 Å². The minimum atomic E-state index is -0.930. The number of benzene rings is 1. The van der Waals surface area contributed by atoms with Gasteiger partial charge in [-0.15, -0.1) is 0 Å². The first-order valence-corrected chi connectivity index (χ1v) is 9.24. The summed E-state index contributed by atoms with van der Waals surface area (Å²) in [6.07, 6.45) is 2.77. The van der Waals surface area contributed by atoms with Gasteiger partial charge < -0.3 is 15.4 Å². The van der Waals surface area contributed by atoms with Gasteiger partial charge >= 0.3 is 5.97 Å². The van der Waals surface area contributed by atoms with Gasteiger partial charge in [-0.1, -0.05) is 48.8 Å². The fourth-order valence-corrected chi connectivity index (χ4v) is 2.48. The molecule has 0 aliphatic heterocycles. The number of pyridine rings is 1. The lowest BCUT2D eigenvalue weighted by Crippen LogP contribution is -2.12. The zero-order valence-electron chi connectivity index (χ0n) is 15.1.